The van der Waals surface area contributed by atoms with Gasteiger partial charge in [0.2, 0.25) is 0 Å². The zero-order valence-electron chi connectivity index (χ0n) is 14.8. The predicted molar refractivity (Wildman–Crippen MR) is 103 cm³/mol. The first-order valence-corrected chi connectivity index (χ1v) is 9.18. The van der Waals surface area contributed by atoms with Crippen molar-refractivity contribution in [2.24, 2.45) is 0 Å². The monoisotopic (exact) mass is 359 g/mol. The van der Waals surface area contributed by atoms with Crippen molar-refractivity contribution in [1.29, 1.82) is 0 Å². The summed E-state index contributed by atoms with van der Waals surface area (Å²) >= 11 is 1.36. The highest BCUT2D eigenvalue weighted by Crippen LogP contribution is 2.23. The van der Waals surface area contributed by atoms with Crippen LogP contribution in [0.15, 0.2) is 36.4 Å². The molecule has 3 N–H and O–H groups in total. The zero-order valence-corrected chi connectivity index (χ0v) is 15.7. The summed E-state index contributed by atoms with van der Waals surface area (Å²) in [6.07, 6.45) is 0.913. The maximum atomic E-state index is 12.3. The number of hydrogen-bond donors (Lipinski definition) is 3. The van der Waals surface area contributed by atoms with Gasteiger partial charge in [0, 0.05) is 29.7 Å². The Balaban J connectivity index is 1.92. The molecule has 2 aromatic rings. The molecule has 0 aliphatic rings. The molecule has 1 atom stereocenters. The number of rotatable bonds is 9. The van der Waals surface area contributed by atoms with E-state index in [2.05, 4.69) is 29.8 Å². The number of thiophene rings is 1. The highest BCUT2D eigenvalue weighted by molar-refractivity contribution is 7.14. The summed E-state index contributed by atoms with van der Waals surface area (Å²) in [6, 6.07) is 12.0. The molecule has 1 amide bonds. The number of aldehydes is 1. The van der Waals surface area contributed by atoms with Gasteiger partial charge in [-0.25, -0.2) is 0 Å². The number of amides is 1. The molecule has 1 aromatic carbocycles. The van der Waals surface area contributed by atoms with E-state index in [1.807, 2.05) is 30.3 Å². The minimum absolute atomic E-state index is 0.116. The highest BCUT2D eigenvalue weighted by Gasteiger charge is 2.15. The van der Waals surface area contributed by atoms with Crippen LogP contribution in [0.5, 0.6) is 0 Å². The molecule has 0 fully saturated rings. The number of carbonyl (C=O) groups excluding carboxylic acids is 2. The highest BCUT2D eigenvalue weighted by atomic mass is 32.1. The second-order valence-corrected chi connectivity index (χ2v) is 7.30. The Morgan fingerprint density at radius 3 is 2.48 bits per heavy atom. The molecule has 0 aliphatic heterocycles. The average Bonchev–Trinajstić information content (AvgIpc) is 3.08. The van der Waals surface area contributed by atoms with E-state index in [4.69, 9.17) is 0 Å². The van der Waals surface area contributed by atoms with Crippen LogP contribution >= 0.6 is 11.3 Å². The van der Waals surface area contributed by atoms with Crippen LogP contribution in [0.25, 0.3) is 0 Å². The molecule has 0 saturated heterocycles. The van der Waals surface area contributed by atoms with E-state index >= 15 is 0 Å². The summed E-state index contributed by atoms with van der Waals surface area (Å²) < 4.78 is 0. The zero-order chi connectivity index (χ0) is 18.2. The van der Waals surface area contributed by atoms with Crippen LogP contribution in [0.4, 0.5) is 5.69 Å². The van der Waals surface area contributed by atoms with Gasteiger partial charge in [-0.1, -0.05) is 12.1 Å². The Bertz CT molecular complexity index is 695. The van der Waals surface area contributed by atoms with E-state index in [1.54, 1.807) is 13.1 Å². The number of likely N-dealkylation sites (N-methyl/N-ethyl adjacent to an activating group) is 1. The quantitative estimate of drug-likeness (QED) is 0.602. The molecule has 1 heterocycles. The maximum Gasteiger partial charge on any atom is 0.261 e. The molecule has 0 bridgehead atoms. The van der Waals surface area contributed by atoms with Crippen LogP contribution in [0.1, 0.15) is 39.9 Å². The van der Waals surface area contributed by atoms with Gasteiger partial charge in [0.25, 0.3) is 5.91 Å². The van der Waals surface area contributed by atoms with Crippen molar-refractivity contribution in [3.05, 3.63) is 51.7 Å². The number of hydrogen-bond acceptors (Lipinski definition) is 5. The molecule has 1 aromatic heterocycles. The van der Waals surface area contributed by atoms with Crippen LogP contribution < -0.4 is 16.0 Å². The Morgan fingerprint density at radius 2 is 1.88 bits per heavy atom. The lowest BCUT2D eigenvalue weighted by Gasteiger charge is -2.10. The topological polar surface area (TPSA) is 70.2 Å². The number of benzene rings is 1. The van der Waals surface area contributed by atoms with Gasteiger partial charge in [-0.05, 0) is 50.7 Å². The smallest absolute Gasteiger partial charge is 0.261 e. The van der Waals surface area contributed by atoms with E-state index < -0.39 is 0 Å². The molecule has 0 aliphatic carbocycles. The molecule has 25 heavy (non-hydrogen) atoms. The van der Waals surface area contributed by atoms with E-state index in [1.165, 1.54) is 11.3 Å². The lowest BCUT2D eigenvalue weighted by atomic mass is 10.1. The fourth-order valence-electron chi connectivity index (χ4n) is 2.43. The Hall–Kier alpha value is -2.18. The third-order valence-electron chi connectivity index (χ3n) is 3.67. The molecule has 6 heteroatoms. The third kappa shape index (κ3) is 5.69. The average molecular weight is 359 g/mol. The number of anilines is 1. The van der Waals surface area contributed by atoms with E-state index in [0.29, 0.717) is 24.0 Å². The molecule has 134 valence electrons. The summed E-state index contributed by atoms with van der Waals surface area (Å²) in [5.41, 5.74) is 2.11. The van der Waals surface area contributed by atoms with Crippen molar-refractivity contribution in [3.8, 4) is 0 Å². The predicted octanol–water partition coefficient (Wildman–Crippen LogP) is 3.00. The Kier molecular flexibility index (Phi) is 7.16. The van der Waals surface area contributed by atoms with Crippen LogP contribution in [-0.4, -0.2) is 31.8 Å². The van der Waals surface area contributed by atoms with Gasteiger partial charge in [0.05, 0.1) is 10.8 Å². The second-order valence-electron chi connectivity index (χ2n) is 6.18. The van der Waals surface area contributed by atoms with Crippen molar-refractivity contribution in [3.63, 3.8) is 0 Å². The minimum Gasteiger partial charge on any atom is -0.383 e. The van der Waals surface area contributed by atoms with Gasteiger partial charge in [-0.2, -0.15) is 0 Å². The number of nitrogens with one attached hydrogen (secondary N) is 3. The second kappa shape index (κ2) is 9.34. The van der Waals surface area contributed by atoms with Gasteiger partial charge < -0.3 is 20.7 Å². The van der Waals surface area contributed by atoms with E-state index in [-0.39, 0.29) is 11.8 Å². The first-order valence-electron chi connectivity index (χ1n) is 8.36. The van der Waals surface area contributed by atoms with Gasteiger partial charge in [0.1, 0.15) is 6.29 Å². The normalized spacial score (nSPS) is 12.0. The maximum absolute atomic E-state index is 12.3. The van der Waals surface area contributed by atoms with Crippen LogP contribution in [0, 0.1) is 0 Å². The van der Waals surface area contributed by atoms with Gasteiger partial charge in [-0.15, -0.1) is 11.3 Å². The van der Waals surface area contributed by atoms with Crippen molar-refractivity contribution in [1.82, 2.24) is 10.6 Å². The summed E-state index contributed by atoms with van der Waals surface area (Å²) in [7, 11) is 1.81. The molecule has 2 rings (SSSR count). The Labute approximate surface area is 152 Å². The fraction of sp³-hybridized carbons (Fsp3) is 0.368. The molecule has 0 radical (unpaired) electrons. The molecule has 0 saturated carbocycles. The first-order chi connectivity index (χ1) is 12.0. The largest absolute Gasteiger partial charge is 0.383 e. The summed E-state index contributed by atoms with van der Waals surface area (Å²) in [5, 5.41) is 9.25. The van der Waals surface area contributed by atoms with E-state index in [0.717, 1.165) is 22.4 Å². The van der Waals surface area contributed by atoms with Crippen molar-refractivity contribution >= 4 is 29.2 Å². The molecule has 5 nitrogen and oxygen atoms in total. The lowest BCUT2D eigenvalue weighted by molar-refractivity contribution is -0.108. The lowest BCUT2D eigenvalue weighted by Crippen LogP contribution is -2.21. The minimum atomic E-state index is -0.211. The van der Waals surface area contributed by atoms with Crippen LogP contribution in [0.3, 0.4) is 0 Å². The molecule has 1 unspecified atom stereocenters. The SMILES string of the molecule is CNCC(C=O)c1ccc(C(=O)NCc2ccc(NC(C)C)cc2)s1. The van der Waals surface area contributed by atoms with Gasteiger partial charge in [0.15, 0.2) is 0 Å². The van der Waals surface area contributed by atoms with Crippen LogP contribution in [0.2, 0.25) is 0 Å². The van der Waals surface area contributed by atoms with Crippen molar-refractivity contribution < 1.29 is 9.59 Å². The number of carbonyl (C=O) groups is 2. The molecular weight excluding hydrogens is 334 g/mol. The standard InChI is InChI=1S/C19H25N3O2S/c1-13(2)22-16-6-4-14(5-7-16)10-21-19(24)18-9-8-17(25-18)15(12-23)11-20-3/h4-9,12-13,15,20,22H,10-11H2,1-3H3,(H,21,24). The van der Waals surface area contributed by atoms with Crippen LogP contribution in [-0.2, 0) is 11.3 Å². The van der Waals surface area contributed by atoms with Gasteiger partial charge >= 0.3 is 0 Å². The first kappa shape index (κ1) is 19.1. The fourth-order valence-corrected chi connectivity index (χ4v) is 3.41. The molecule has 0 spiro atoms. The summed E-state index contributed by atoms with van der Waals surface area (Å²) in [6.45, 7) is 5.23. The summed E-state index contributed by atoms with van der Waals surface area (Å²) in [5.74, 6) is -0.327. The van der Waals surface area contributed by atoms with Crippen molar-refractivity contribution in [2.75, 3.05) is 18.9 Å². The van der Waals surface area contributed by atoms with Gasteiger partial charge in [-0.3, -0.25) is 4.79 Å². The van der Waals surface area contributed by atoms with Crippen molar-refractivity contribution in [2.45, 2.75) is 32.4 Å². The molecular formula is C19H25N3O2S. The van der Waals surface area contributed by atoms with E-state index in [9.17, 15) is 9.59 Å². The third-order valence-corrected chi connectivity index (χ3v) is 4.88. The summed E-state index contributed by atoms with van der Waals surface area (Å²) in [4.78, 5) is 25.0. The Morgan fingerprint density at radius 1 is 1.16 bits per heavy atom.